The van der Waals surface area contributed by atoms with Gasteiger partial charge in [-0.15, -0.1) is 0 Å². The number of hydrogen-bond donors (Lipinski definition) is 2. The van der Waals surface area contributed by atoms with Crippen LogP contribution in [0.15, 0.2) is 18.2 Å². The van der Waals surface area contributed by atoms with Crippen molar-refractivity contribution in [3.05, 3.63) is 33.8 Å². The Morgan fingerprint density at radius 2 is 1.89 bits per heavy atom. The fourth-order valence-electron chi connectivity index (χ4n) is 1.70. The number of rotatable bonds is 4. The molecule has 1 amide bonds. The molecule has 0 unspecified atom stereocenters. The summed E-state index contributed by atoms with van der Waals surface area (Å²) in [7, 11) is 0. The van der Waals surface area contributed by atoms with Gasteiger partial charge in [-0.1, -0.05) is 43.1 Å². The SMILES string of the molecule is C[C@H](N)C(=O)NCC(C)(C)c1c(Cl)cccc1Cl. The number of carbonyl (C=O) groups is 1. The first-order valence-electron chi connectivity index (χ1n) is 5.73. The van der Waals surface area contributed by atoms with Crippen LogP contribution in [-0.2, 0) is 10.2 Å². The summed E-state index contributed by atoms with van der Waals surface area (Å²) in [6.07, 6.45) is 0. The second-order valence-corrected chi connectivity index (χ2v) is 5.80. The zero-order valence-corrected chi connectivity index (χ0v) is 12.3. The van der Waals surface area contributed by atoms with Gasteiger partial charge in [0.05, 0.1) is 6.04 Å². The predicted octanol–water partition coefficient (Wildman–Crippen LogP) is 2.73. The first-order chi connectivity index (χ1) is 8.25. The van der Waals surface area contributed by atoms with Crippen molar-refractivity contribution in [1.29, 1.82) is 0 Å². The second-order valence-electron chi connectivity index (χ2n) is 4.99. The Hall–Kier alpha value is -0.770. The maximum absolute atomic E-state index is 11.5. The average molecular weight is 289 g/mol. The Labute approximate surface area is 118 Å². The van der Waals surface area contributed by atoms with E-state index in [1.54, 1.807) is 25.1 Å². The standard InChI is InChI=1S/C13H18Cl2N2O/c1-8(16)12(18)17-7-13(2,3)11-9(14)5-4-6-10(11)15/h4-6,8H,7,16H2,1-3H3,(H,17,18)/t8-/m0/s1. The highest BCUT2D eigenvalue weighted by molar-refractivity contribution is 6.36. The number of nitrogens with two attached hydrogens (primary N) is 1. The smallest absolute Gasteiger partial charge is 0.236 e. The third-order valence-electron chi connectivity index (χ3n) is 2.76. The Bertz CT molecular complexity index is 424. The number of amides is 1. The minimum atomic E-state index is -0.525. The molecule has 0 radical (unpaired) electrons. The van der Waals surface area contributed by atoms with Gasteiger partial charge in [-0.05, 0) is 24.6 Å². The normalized spacial score (nSPS) is 13.2. The summed E-state index contributed by atoms with van der Waals surface area (Å²) in [6.45, 7) is 6.02. The molecule has 1 atom stereocenters. The molecule has 1 rings (SSSR count). The Morgan fingerprint density at radius 1 is 1.39 bits per heavy atom. The topological polar surface area (TPSA) is 55.1 Å². The zero-order chi connectivity index (χ0) is 13.9. The summed E-state index contributed by atoms with van der Waals surface area (Å²) >= 11 is 12.3. The van der Waals surface area contributed by atoms with E-state index >= 15 is 0 Å². The van der Waals surface area contributed by atoms with Crippen LogP contribution in [0.2, 0.25) is 10.0 Å². The highest BCUT2D eigenvalue weighted by atomic mass is 35.5. The molecule has 0 aliphatic heterocycles. The van der Waals surface area contributed by atoms with Gasteiger partial charge in [-0.2, -0.15) is 0 Å². The van der Waals surface area contributed by atoms with Gasteiger partial charge in [0.15, 0.2) is 0 Å². The number of nitrogens with one attached hydrogen (secondary N) is 1. The van der Waals surface area contributed by atoms with Crippen LogP contribution in [0.3, 0.4) is 0 Å². The molecule has 100 valence electrons. The lowest BCUT2D eigenvalue weighted by Gasteiger charge is -2.28. The lowest BCUT2D eigenvalue weighted by molar-refractivity contribution is -0.122. The lowest BCUT2D eigenvalue weighted by atomic mass is 9.84. The van der Waals surface area contributed by atoms with Gasteiger partial charge in [0.25, 0.3) is 0 Å². The molecular weight excluding hydrogens is 271 g/mol. The van der Waals surface area contributed by atoms with E-state index in [-0.39, 0.29) is 11.3 Å². The molecule has 5 heteroatoms. The van der Waals surface area contributed by atoms with E-state index in [9.17, 15) is 4.79 Å². The van der Waals surface area contributed by atoms with Crippen LogP contribution in [0.4, 0.5) is 0 Å². The fraction of sp³-hybridized carbons (Fsp3) is 0.462. The van der Waals surface area contributed by atoms with Crippen molar-refractivity contribution in [2.75, 3.05) is 6.54 Å². The Morgan fingerprint density at radius 3 is 2.33 bits per heavy atom. The summed E-state index contributed by atoms with van der Waals surface area (Å²) in [6, 6.07) is 4.85. The van der Waals surface area contributed by atoms with Crippen LogP contribution in [-0.4, -0.2) is 18.5 Å². The summed E-state index contributed by atoms with van der Waals surface area (Å²) in [5, 5.41) is 3.99. The molecule has 0 aromatic heterocycles. The maximum Gasteiger partial charge on any atom is 0.236 e. The van der Waals surface area contributed by atoms with Crippen LogP contribution in [0.1, 0.15) is 26.3 Å². The second kappa shape index (κ2) is 5.91. The van der Waals surface area contributed by atoms with Gasteiger partial charge in [-0.3, -0.25) is 4.79 Å². The van der Waals surface area contributed by atoms with Gasteiger partial charge < -0.3 is 11.1 Å². The van der Waals surface area contributed by atoms with Crippen LogP contribution in [0.5, 0.6) is 0 Å². The van der Waals surface area contributed by atoms with Crippen LogP contribution < -0.4 is 11.1 Å². The largest absolute Gasteiger partial charge is 0.354 e. The number of benzene rings is 1. The molecule has 0 saturated carbocycles. The van der Waals surface area contributed by atoms with E-state index < -0.39 is 6.04 Å². The Kier molecular flexibility index (Phi) is 5.02. The average Bonchev–Trinajstić information content (AvgIpc) is 2.25. The van der Waals surface area contributed by atoms with Crippen molar-refractivity contribution in [1.82, 2.24) is 5.32 Å². The Balaban J connectivity index is 2.89. The van der Waals surface area contributed by atoms with E-state index in [0.29, 0.717) is 16.6 Å². The van der Waals surface area contributed by atoms with Crippen LogP contribution in [0.25, 0.3) is 0 Å². The molecule has 0 spiro atoms. The monoisotopic (exact) mass is 288 g/mol. The molecule has 1 aromatic rings. The number of halogens is 2. The number of carbonyl (C=O) groups excluding carboxylic acids is 1. The van der Waals surface area contributed by atoms with Crippen molar-refractivity contribution in [3.8, 4) is 0 Å². The third-order valence-corrected chi connectivity index (χ3v) is 3.39. The van der Waals surface area contributed by atoms with Gasteiger partial charge >= 0.3 is 0 Å². The van der Waals surface area contributed by atoms with E-state index in [1.807, 2.05) is 13.8 Å². The van der Waals surface area contributed by atoms with Gasteiger partial charge in [0, 0.05) is 22.0 Å². The first-order valence-corrected chi connectivity index (χ1v) is 6.49. The minimum absolute atomic E-state index is 0.189. The first kappa shape index (κ1) is 15.3. The molecular formula is C13H18Cl2N2O. The molecule has 0 aliphatic rings. The fourth-order valence-corrected chi connectivity index (χ4v) is 2.61. The molecule has 3 nitrogen and oxygen atoms in total. The summed E-state index contributed by atoms with van der Waals surface area (Å²) < 4.78 is 0. The van der Waals surface area contributed by atoms with Crippen molar-refractivity contribution < 1.29 is 4.79 Å². The van der Waals surface area contributed by atoms with E-state index in [1.165, 1.54) is 0 Å². The number of hydrogen-bond acceptors (Lipinski definition) is 2. The van der Waals surface area contributed by atoms with E-state index in [0.717, 1.165) is 5.56 Å². The minimum Gasteiger partial charge on any atom is -0.354 e. The highest BCUT2D eigenvalue weighted by Gasteiger charge is 2.26. The summed E-state index contributed by atoms with van der Waals surface area (Å²) in [5.41, 5.74) is 5.97. The maximum atomic E-state index is 11.5. The molecule has 18 heavy (non-hydrogen) atoms. The molecule has 0 saturated heterocycles. The molecule has 0 aliphatic carbocycles. The third kappa shape index (κ3) is 3.61. The van der Waals surface area contributed by atoms with Crippen molar-refractivity contribution in [3.63, 3.8) is 0 Å². The van der Waals surface area contributed by atoms with E-state index in [4.69, 9.17) is 28.9 Å². The van der Waals surface area contributed by atoms with Gasteiger partial charge in [0.2, 0.25) is 5.91 Å². The van der Waals surface area contributed by atoms with E-state index in [2.05, 4.69) is 5.32 Å². The molecule has 0 fully saturated rings. The zero-order valence-electron chi connectivity index (χ0n) is 10.8. The van der Waals surface area contributed by atoms with Crippen molar-refractivity contribution in [2.24, 2.45) is 5.73 Å². The summed E-state index contributed by atoms with van der Waals surface area (Å²) in [5.74, 6) is -0.189. The van der Waals surface area contributed by atoms with Crippen LogP contribution >= 0.6 is 23.2 Å². The molecule has 3 N–H and O–H groups in total. The summed E-state index contributed by atoms with van der Waals surface area (Å²) in [4.78, 5) is 11.5. The van der Waals surface area contributed by atoms with Gasteiger partial charge in [-0.25, -0.2) is 0 Å². The predicted molar refractivity (Wildman–Crippen MR) is 76.1 cm³/mol. The molecule has 0 heterocycles. The van der Waals surface area contributed by atoms with Crippen molar-refractivity contribution >= 4 is 29.1 Å². The quantitative estimate of drug-likeness (QED) is 0.895. The lowest BCUT2D eigenvalue weighted by Crippen LogP contribution is -2.44. The van der Waals surface area contributed by atoms with Crippen molar-refractivity contribution in [2.45, 2.75) is 32.2 Å². The van der Waals surface area contributed by atoms with Gasteiger partial charge in [0.1, 0.15) is 0 Å². The van der Waals surface area contributed by atoms with Crippen LogP contribution in [0, 0.1) is 0 Å². The molecule has 1 aromatic carbocycles. The molecule has 0 bridgehead atoms. The highest BCUT2D eigenvalue weighted by Crippen LogP contribution is 2.35.